The lowest BCUT2D eigenvalue weighted by Crippen LogP contribution is -2.34. The third-order valence-electron chi connectivity index (χ3n) is 1.20. The van der Waals surface area contributed by atoms with Gasteiger partial charge in [-0.2, -0.15) is 0 Å². The van der Waals surface area contributed by atoms with Crippen molar-refractivity contribution >= 4 is 34.2 Å². The Labute approximate surface area is 97.1 Å². The van der Waals surface area contributed by atoms with Gasteiger partial charge in [0.2, 0.25) is 0 Å². The predicted octanol–water partition coefficient (Wildman–Crippen LogP) is 1.18. The first kappa shape index (κ1) is 12.0. The molecule has 1 rings (SSSR count). The number of hydrazine groups is 1. The van der Waals surface area contributed by atoms with E-state index in [-0.39, 0.29) is 0 Å². The van der Waals surface area contributed by atoms with Crippen LogP contribution in [0.4, 0.5) is 0 Å². The summed E-state index contributed by atoms with van der Waals surface area (Å²) in [6, 6.07) is 0. The van der Waals surface area contributed by atoms with Crippen molar-refractivity contribution in [2.24, 2.45) is 16.0 Å². The van der Waals surface area contributed by atoms with E-state index in [9.17, 15) is 0 Å². The molecule has 15 heavy (non-hydrogen) atoms. The highest BCUT2D eigenvalue weighted by Crippen LogP contribution is 2.14. The summed E-state index contributed by atoms with van der Waals surface area (Å²) in [6.45, 7) is 3.62. The molecule has 0 aromatic carbocycles. The number of halogens is 1. The number of amidine groups is 1. The number of nitrogens with zero attached hydrogens (tertiary/aromatic N) is 3. The van der Waals surface area contributed by atoms with E-state index in [1.54, 1.807) is 24.8 Å². The van der Waals surface area contributed by atoms with Gasteiger partial charge in [0.15, 0.2) is 0 Å². The number of oxime groups is 1. The number of thioether (sulfide) groups is 1. The van der Waals surface area contributed by atoms with Crippen LogP contribution in [0.15, 0.2) is 21.5 Å². The monoisotopic (exact) mass is 249 g/mol. The second kappa shape index (κ2) is 5.72. The molecule has 0 spiro atoms. The van der Waals surface area contributed by atoms with Crippen molar-refractivity contribution in [3.05, 3.63) is 11.2 Å². The van der Waals surface area contributed by atoms with Crippen LogP contribution in [0.5, 0.6) is 0 Å². The molecule has 84 valence electrons. The van der Waals surface area contributed by atoms with Gasteiger partial charge in [0.05, 0.1) is 0 Å². The molecule has 0 saturated heterocycles. The molecule has 0 aromatic heterocycles. The number of hydrogen-bond donors (Lipinski definition) is 2. The molecular weight excluding hydrogens is 238 g/mol. The van der Waals surface area contributed by atoms with Crippen molar-refractivity contribution in [1.82, 2.24) is 10.7 Å². The van der Waals surface area contributed by atoms with Gasteiger partial charge in [0.25, 0.3) is 0 Å². The van der Waals surface area contributed by atoms with Crippen molar-refractivity contribution in [2.45, 2.75) is 13.8 Å². The third-order valence-corrected chi connectivity index (χ3v) is 2.17. The number of nitrogens with two attached hydrogens (primary N) is 1. The first-order valence-electron chi connectivity index (χ1n) is 4.24. The van der Waals surface area contributed by atoms with Gasteiger partial charge in [-0.15, -0.1) is 16.9 Å². The summed E-state index contributed by atoms with van der Waals surface area (Å²) in [5, 5.41) is 9.79. The van der Waals surface area contributed by atoms with Crippen molar-refractivity contribution < 1.29 is 4.94 Å². The molecule has 0 bridgehead atoms. The fourth-order valence-electron chi connectivity index (χ4n) is 0.736. The minimum Gasteiger partial charge on any atom is -0.385 e. The van der Waals surface area contributed by atoms with E-state index in [1.807, 2.05) is 6.92 Å². The lowest BCUT2D eigenvalue weighted by atomic mass is 10.6. The quantitative estimate of drug-likeness (QED) is 0.340. The second-order valence-electron chi connectivity index (χ2n) is 2.56. The Morgan fingerprint density at radius 2 is 2.60 bits per heavy atom. The van der Waals surface area contributed by atoms with Crippen molar-refractivity contribution in [3.63, 3.8) is 0 Å². The Balaban J connectivity index is 2.61. The summed E-state index contributed by atoms with van der Waals surface area (Å²) in [4.78, 5) is 4.85. The average Bonchev–Trinajstić information content (AvgIpc) is 2.14. The predicted molar refractivity (Wildman–Crippen MR) is 62.9 cm³/mol. The lowest BCUT2D eigenvalue weighted by molar-refractivity contribution is -0.188. The van der Waals surface area contributed by atoms with Crippen molar-refractivity contribution in [2.75, 3.05) is 5.75 Å². The fraction of sp³-hybridized carbons (Fsp3) is 0.429. The molecule has 1 heterocycles. The fourth-order valence-corrected chi connectivity index (χ4v) is 1.60. The summed E-state index contributed by atoms with van der Waals surface area (Å²) >= 11 is 7.35. The van der Waals surface area contributed by atoms with Gasteiger partial charge >= 0.3 is 0 Å². The van der Waals surface area contributed by atoms with E-state index in [2.05, 4.69) is 15.7 Å². The van der Waals surface area contributed by atoms with Gasteiger partial charge in [0.1, 0.15) is 16.0 Å². The highest BCUT2D eigenvalue weighted by molar-refractivity contribution is 8.14. The smallest absolute Gasteiger partial charge is 0.139 e. The van der Waals surface area contributed by atoms with Gasteiger partial charge in [-0.05, 0) is 17.8 Å². The normalized spacial score (nSPS) is 16.7. The first-order valence-corrected chi connectivity index (χ1v) is 5.60. The Kier molecular flexibility index (Phi) is 4.57. The highest BCUT2D eigenvalue weighted by Gasteiger charge is 2.12. The highest BCUT2D eigenvalue weighted by atomic mass is 35.5. The molecule has 0 aromatic rings. The van der Waals surface area contributed by atoms with Gasteiger partial charge in [-0.1, -0.05) is 18.5 Å². The molecule has 6 nitrogen and oxygen atoms in total. The van der Waals surface area contributed by atoms with Crippen LogP contribution in [0.1, 0.15) is 13.8 Å². The SMILES string of the molecule is CCSC1=NN(ON=C(C)N)NC(Cl)=C1. The molecule has 0 atom stereocenters. The summed E-state index contributed by atoms with van der Waals surface area (Å²) in [5.74, 6) is 1.19. The van der Waals surface area contributed by atoms with Crippen molar-refractivity contribution in [3.8, 4) is 0 Å². The van der Waals surface area contributed by atoms with Gasteiger partial charge in [-0.25, -0.2) is 10.4 Å². The van der Waals surface area contributed by atoms with E-state index < -0.39 is 0 Å². The molecule has 0 radical (unpaired) electrons. The summed E-state index contributed by atoms with van der Waals surface area (Å²) in [5.41, 5.74) is 7.94. The third kappa shape index (κ3) is 4.30. The van der Waals surface area contributed by atoms with Crippen molar-refractivity contribution in [1.29, 1.82) is 0 Å². The van der Waals surface area contributed by atoms with Crippen LogP contribution in [-0.4, -0.2) is 21.9 Å². The van der Waals surface area contributed by atoms with E-state index in [0.717, 1.165) is 16.1 Å². The maximum atomic E-state index is 5.81. The van der Waals surface area contributed by atoms with Gasteiger partial charge in [0, 0.05) is 11.4 Å². The van der Waals surface area contributed by atoms with E-state index in [1.165, 1.54) is 0 Å². The summed E-state index contributed by atoms with van der Waals surface area (Å²) in [7, 11) is 0. The Morgan fingerprint density at radius 1 is 1.87 bits per heavy atom. The number of hydrazone groups is 1. The van der Waals surface area contributed by atoms with Gasteiger partial charge in [-0.3, -0.25) is 0 Å². The van der Waals surface area contributed by atoms with Crippen LogP contribution in [-0.2, 0) is 4.94 Å². The average molecular weight is 250 g/mol. The molecule has 0 amide bonds. The second-order valence-corrected chi connectivity index (χ2v) is 4.25. The zero-order valence-corrected chi connectivity index (χ0v) is 9.97. The minimum absolute atomic E-state index is 0.294. The van der Waals surface area contributed by atoms with Crippen LogP contribution in [0.3, 0.4) is 0 Å². The summed E-state index contributed by atoms with van der Waals surface area (Å²) in [6.07, 6.45) is 1.70. The summed E-state index contributed by atoms with van der Waals surface area (Å²) < 4.78 is 0. The van der Waals surface area contributed by atoms with Crippen LogP contribution in [0, 0.1) is 0 Å². The van der Waals surface area contributed by atoms with E-state index in [4.69, 9.17) is 22.3 Å². The Hall–Kier alpha value is -1.08. The standard InChI is InChI=1S/C7H12ClN5OS/c1-3-15-7-4-6(8)10-13(11-7)14-12-5(2)9/h4,10H,3H2,1-2H3,(H2,9,12). The molecule has 0 saturated carbocycles. The topological polar surface area (TPSA) is 75.2 Å². The van der Waals surface area contributed by atoms with Crippen LogP contribution >= 0.6 is 23.4 Å². The van der Waals surface area contributed by atoms with Crippen LogP contribution in [0.2, 0.25) is 0 Å². The Bertz CT molecular complexity index is 313. The molecule has 0 aliphatic carbocycles. The van der Waals surface area contributed by atoms with E-state index in [0.29, 0.717) is 11.0 Å². The first-order chi connectivity index (χ1) is 7.11. The molecule has 1 aliphatic heterocycles. The van der Waals surface area contributed by atoms with Gasteiger partial charge < -0.3 is 5.73 Å². The number of nitrogens with one attached hydrogen (secondary N) is 1. The maximum Gasteiger partial charge on any atom is 0.139 e. The van der Waals surface area contributed by atoms with Crippen LogP contribution in [0.25, 0.3) is 0 Å². The molecule has 0 fully saturated rings. The number of hydrogen-bond acceptors (Lipinski definition) is 6. The molecular formula is C7H12ClN5OS. The molecule has 0 unspecified atom stereocenters. The lowest BCUT2D eigenvalue weighted by Gasteiger charge is -2.20. The Morgan fingerprint density at radius 3 is 3.20 bits per heavy atom. The number of rotatable bonds is 3. The van der Waals surface area contributed by atoms with Crippen LogP contribution < -0.4 is 11.2 Å². The van der Waals surface area contributed by atoms with E-state index >= 15 is 0 Å². The largest absolute Gasteiger partial charge is 0.385 e. The maximum absolute atomic E-state index is 5.81. The molecule has 1 aliphatic rings. The zero-order chi connectivity index (χ0) is 11.3. The molecule has 8 heteroatoms. The zero-order valence-electron chi connectivity index (χ0n) is 8.40. The molecule has 3 N–H and O–H groups in total. The minimum atomic E-state index is 0.294.